The number of rotatable bonds is 25. The minimum absolute atomic E-state index is 0.0207. The number of hydrogen-bond acceptors (Lipinski definition) is 14. The lowest BCUT2D eigenvalue weighted by atomic mass is 10.0. The highest BCUT2D eigenvalue weighted by molar-refractivity contribution is 5.97. The van der Waals surface area contributed by atoms with E-state index in [2.05, 4.69) is 51.8 Å². The average Bonchev–Trinajstić information content (AvgIpc) is 3.89. The smallest absolute Gasteiger partial charge is 0.328 e. The number of nitrogens with one attached hydrogen (secondary N) is 8. The molecule has 0 aliphatic rings. The molecule has 0 unspecified atom stereocenters. The number of aromatic amines is 2. The van der Waals surface area contributed by atoms with Crippen LogP contribution in [0.1, 0.15) is 44.9 Å². The van der Waals surface area contributed by atoms with Crippen molar-refractivity contribution in [3.8, 4) is 0 Å². The van der Waals surface area contributed by atoms with Gasteiger partial charge in [-0.25, -0.2) is 9.78 Å². The summed E-state index contributed by atoms with van der Waals surface area (Å²) in [6.07, 6.45) is -0.715. The Morgan fingerprint density at radius 3 is 1.81 bits per heavy atom. The quantitative estimate of drug-likeness (QED) is 0.0214. The van der Waals surface area contributed by atoms with Crippen LogP contribution in [0.5, 0.6) is 0 Å². The number of carbonyl (C=O) groups is 7. The number of aliphatic imine (C=N–C) groups is 1. The van der Waals surface area contributed by atoms with Gasteiger partial charge in [0.1, 0.15) is 30.2 Å². The molecule has 19 N–H and O–H groups in total. The Morgan fingerprint density at radius 1 is 0.714 bits per heavy atom. The number of aliphatic hydroxyl groups is 4. The Labute approximate surface area is 360 Å². The third-order valence-corrected chi connectivity index (χ3v) is 9.63. The first kappa shape index (κ1) is 50.7. The van der Waals surface area contributed by atoms with E-state index in [4.69, 9.17) is 17.2 Å². The zero-order chi connectivity index (χ0) is 47.0. The number of nitrogens with two attached hydrogens (primary N) is 3. The number of benzene rings is 1. The number of aromatic nitrogens is 3. The number of aliphatic hydroxyl groups excluding tert-OH is 4. The molecule has 0 bridgehead atoms. The van der Waals surface area contributed by atoms with Crippen LogP contribution in [0.25, 0.3) is 10.9 Å². The van der Waals surface area contributed by atoms with Gasteiger partial charge in [0.05, 0.1) is 37.3 Å². The molecule has 346 valence electrons. The van der Waals surface area contributed by atoms with Crippen LogP contribution in [-0.4, -0.2) is 162 Å². The van der Waals surface area contributed by atoms with Crippen molar-refractivity contribution in [3.63, 3.8) is 0 Å². The summed E-state index contributed by atoms with van der Waals surface area (Å²) in [5, 5.41) is 65.1. The van der Waals surface area contributed by atoms with Crippen molar-refractivity contribution < 1.29 is 59.1 Å². The molecular formula is C38H57N13O12. The number of carboxylic acid groups (broad SMARTS) is 1. The highest BCUT2D eigenvalue weighted by Gasteiger charge is 2.36. The maximum Gasteiger partial charge on any atom is 0.328 e. The van der Waals surface area contributed by atoms with Crippen molar-refractivity contribution in [2.24, 2.45) is 22.2 Å². The van der Waals surface area contributed by atoms with Crippen molar-refractivity contribution in [2.75, 3.05) is 13.2 Å². The minimum Gasteiger partial charge on any atom is -0.480 e. The maximum atomic E-state index is 13.8. The molecule has 2 aromatic heterocycles. The molecule has 25 nitrogen and oxygen atoms in total. The van der Waals surface area contributed by atoms with E-state index in [0.29, 0.717) is 5.69 Å². The average molecular weight is 888 g/mol. The van der Waals surface area contributed by atoms with E-state index in [-0.39, 0.29) is 38.2 Å². The molecule has 0 saturated heterocycles. The predicted molar refractivity (Wildman–Crippen MR) is 224 cm³/mol. The minimum atomic E-state index is -1.84. The fourth-order valence-corrected chi connectivity index (χ4v) is 6.18. The van der Waals surface area contributed by atoms with Gasteiger partial charge in [-0.1, -0.05) is 18.2 Å². The second kappa shape index (κ2) is 24.1. The number of H-pyrrole nitrogens is 2. The molecule has 63 heavy (non-hydrogen) atoms. The second-order valence-corrected chi connectivity index (χ2v) is 14.8. The van der Waals surface area contributed by atoms with E-state index in [9.17, 15) is 59.1 Å². The number of carbonyl (C=O) groups excluding carboxylic acids is 6. The van der Waals surface area contributed by atoms with Crippen LogP contribution >= 0.6 is 0 Å². The molecule has 0 radical (unpaired) electrons. The molecular weight excluding hydrogens is 830 g/mol. The largest absolute Gasteiger partial charge is 0.480 e. The summed E-state index contributed by atoms with van der Waals surface area (Å²) in [7, 11) is 0. The van der Waals surface area contributed by atoms with Gasteiger partial charge in [0.15, 0.2) is 12.0 Å². The first-order valence-corrected chi connectivity index (χ1v) is 19.8. The van der Waals surface area contributed by atoms with E-state index in [1.165, 1.54) is 19.4 Å². The molecule has 1 aromatic carbocycles. The Bertz CT molecular complexity index is 2050. The van der Waals surface area contributed by atoms with Crippen LogP contribution in [0.4, 0.5) is 0 Å². The van der Waals surface area contributed by atoms with Crippen LogP contribution in [-0.2, 0) is 46.4 Å². The number of fused-ring (bicyclic) bond motifs is 1. The maximum absolute atomic E-state index is 13.8. The fourth-order valence-electron chi connectivity index (χ4n) is 6.18. The summed E-state index contributed by atoms with van der Waals surface area (Å²) < 4.78 is 0. The summed E-state index contributed by atoms with van der Waals surface area (Å²) in [6, 6.07) is -3.93. The molecule has 2 heterocycles. The molecule has 3 aromatic rings. The van der Waals surface area contributed by atoms with Crippen molar-refractivity contribution >= 4 is 58.3 Å². The summed E-state index contributed by atoms with van der Waals surface area (Å²) in [6.45, 7) is 2.37. The van der Waals surface area contributed by atoms with E-state index in [1.54, 1.807) is 6.20 Å². The lowest BCUT2D eigenvalue weighted by molar-refractivity contribution is -0.145. The normalized spacial score (nSPS) is 16.0. The lowest BCUT2D eigenvalue weighted by Crippen LogP contribution is -2.63. The second-order valence-electron chi connectivity index (χ2n) is 14.8. The van der Waals surface area contributed by atoms with Gasteiger partial charge in [0.2, 0.25) is 35.4 Å². The number of amides is 6. The zero-order valence-electron chi connectivity index (χ0n) is 34.8. The summed E-state index contributed by atoms with van der Waals surface area (Å²) in [5.41, 5.74) is 18.8. The molecule has 6 amide bonds. The molecule has 25 heteroatoms. The van der Waals surface area contributed by atoms with Crippen LogP contribution in [0.15, 0.2) is 48.0 Å². The summed E-state index contributed by atoms with van der Waals surface area (Å²) in [5.74, 6) is -8.10. The summed E-state index contributed by atoms with van der Waals surface area (Å²) >= 11 is 0. The highest BCUT2D eigenvalue weighted by Crippen LogP contribution is 2.19. The van der Waals surface area contributed by atoms with Gasteiger partial charge < -0.3 is 84.6 Å². The van der Waals surface area contributed by atoms with E-state index >= 15 is 0 Å². The van der Waals surface area contributed by atoms with Gasteiger partial charge in [-0.15, -0.1) is 0 Å². The standard InChI is InChI=1S/C38H57N13O12/c1-17(53)28(49-31(56)23(39)11-20-13-44-24-8-5-4-7-22(20)24)36(61)48-27(15-52)34(59)50-29(18(2)54)35(60)46-25(9-6-10-43-38(40)41)32(57)47-26(12-21-14-42-16-45-21)33(58)51-30(19(3)55)37(62)63/h4-5,7-8,13-14,16-19,23,25-30,44,52-55H,6,9-12,15,39H2,1-3H3,(H,42,45)(H,46,60)(H,47,57)(H,48,61)(H,49,56)(H,50,59)(H,51,58)(H,62,63)(H4,40,41,43)/t17-,18-,19-,23+,25+,26+,27+,28+,29+,30+/m1/s1. The number of guanidine groups is 1. The van der Waals surface area contributed by atoms with Gasteiger partial charge in [0.25, 0.3) is 0 Å². The van der Waals surface area contributed by atoms with E-state index < -0.39 is 109 Å². The summed E-state index contributed by atoms with van der Waals surface area (Å²) in [4.78, 5) is 106. The van der Waals surface area contributed by atoms with Gasteiger partial charge in [-0.3, -0.25) is 33.8 Å². The molecule has 0 saturated carbocycles. The fraction of sp³-hybridized carbons (Fsp3) is 0.500. The number of carboxylic acids is 1. The van der Waals surface area contributed by atoms with Gasteiger partial charge in [-0.05, 0) is 51.7 Å². The molecule has 0 spiro atoms. The highest BCUT2D eigenvalue weighted by atomic mass is 16.4. The Morgan fingerprint density at radius 2 is 1.25 bits per heavy atom. The number of aliphatic carboxylic acids is 1. The van der Waals surface area contributed by atoms with Crippen LogP contribution in [0.2, 0.25) is 0 Å². The lowest BCUT2D eigenvalue weighted by Gasteiger charge is -2.28. The Hall–Kier alpha value is -6.67. The van der Waals surface area contributed by atoms with Crippen LogP contribution < -0.4 is 49.1 Å². The number of para-hydroxylation sites is 1. The number of nitrogens with zero attached hydrogens (tertiary/aromatic N) is 2. The first-order chi connectivity index (χ1) is 29.7. The van der Waals surface area contributed by atoms with Crippen molar-refractivity contribution in [2.45, 2.75) is 107 Å². The first-order valence-electron chi connectivity index (χ1n) is 19.8. The van der Waals surface area contributed by atoms with Crippen molar-refractivity contribution in [3.05, 3.63) is 54.2 Å². The van der Waals surface area contributed by atoms with Crippen LogP contribution in [0.3, 0.4) is 0 Å². The molecule has 0 aliphatic carbocycles. The van der Waals surface area contributed by atoms with Gasteiger partial charge in [-0.2, -0.15) is 0 Å². The zero-order valence-corrected chi connectivity index (χ0v) is 34.8. The molecule has 3 rings (SSSR count). The topological polar surface area (TPSA) is 428 Å². The van der Waals surface area contributed by atoms with Gasteiger partial charge >= 0.3 is 5.97 Å². The molecule has 10 atom stereocenters. The van der Waals surface area contributed by atoms with Crippen molar-refractivity contribution in [1.82, 2.24) is 46.9 Å². The van der Waals surface area contributed by atoms with Crippen molar-refractivity contribution in [1.29, 1.82) is 0 Å². The van der Waals surface area contributed by atoms with E-state index in [1.807, 2.05) is 24.3 Å². The molecule has 0 fully saturated rings. The SMILES string of the molecule is C[C@@H](O)[C@H](NC(=O)[C@H](Cc1cnc[nH]1)NC(=O)[C@H](CCCN=C(N)N)NC(=O)[C@@H](NC(=O)[C@H](CO)NC(=O)[C@@H](NC(=O)[C@@H](N)Cc1c[nH]c2ccccc12)[C@@H](C)O)[C@@H](C)O)C(=O)O. The molecule has 0 aliphatic heterocycles. The monoisotopic (exact) mass is 887 g/mol. The third kappa shape index (κ3) is 15.3. The number of hydrogen-bond donors (Lipinski definition) is 16. The third-order valence-electron chi connectivity index (χ3n) is 9.63. The number of imidazole rings is 1. The van der Waals surface area contributed by atoms with Crippen LogP contribution in [0, 0.1) is 0 Å². The Kier molecular flexibility index (Phi) is 19.4. The van der Waals surface area contributed by atoms with E-state index in [0.717, 1.165) is 30.3 Å². The van der Waals surface area contributed by atoms with Gasteiger partial charge in [0, 0.05) is 42.0 Å². The Balaban J connectivity index is 1.75. The predicted octanol–water partition coefficient (Wildman–Crippen LogP) is -5.81.